The van der Waals surface area contributed by atoms with Gasteiger partial charge in [-0.05, 0) is 42.4 Å². The average molecular weight is 190 g/mol. The van der Waals surface area contributed by atoms with E-state index in [1.165, 1.54) is 24.0 Å². The lowest BCUT2D eigenvalue weighted by Crippen LogP contribution is -1.98. The minimum Gasteiger partial charge on any atom is -0.481 e. The first-order valence-electron chi connectivity index (χ1n) is 5.08. The highest BCUT2D eigenvalue weighted by Crippen LogP contribution is 2.23. The van der Waals surface area contributed by atoms with Gasteiger partial charge in [0.2, 0.25) is 0 Å². The molecule has 0 saturated carbocycles. The summed E-state index contributed by atoms with van der Waals surface area (Å²) in [5, 5.41) is 8.57. The summed E-state index contributed by atoms with van der Waals surface area (Å²) in [6, 6.07) is 6.39. The molecule has 2 nitrogen and oxygen atoms in total. The van der Waals surface area contributed by atoms with Crippen LogP contribution in [0.5, 0.6) is 0 Å². The molecule has 1 aromatic rings. The zero-order valence-electron chi connectivity index (χ0n) is 8.12. The summed E-state index contributed by atoms with van der Waals surface area (Å²) in [7, 11) is 0. The van der Waals surface area contributed by atoms with Crippen molar-refractivity contribution in [2.75, 3.05) is 0 Å². The minimum absolute atomic E-state index is 0.235. The predicted molar refractivity (Wildman–Crippen MR) is 54.4 cm³/mol. The van der Waals surface area contributed by atoms with E-state index in [0.717, 1.165) is 12.0 Å². The third-order valence-corrected chi connectivity index (χ3v) is 2.79. The van der Waals surface area contributed by atoms with Crippen LogP contribution in [-0.4, -0.2) is 11.1 Å². The molecule has 2 heteroatoms. The molecule has 0 fully saturated rings. The van der Waals surface area contributed by atoms with E-state index < -0.39 is 5.97 Å². The molecule has 0 radical (unpaired) electrons. The molecule has 74 valence electrons. The maximum absolute atomic E-state index is 10.4. The Balaban J connectivity index is 2.09. The highest BCUT2D eigenvalue weighted by molar-refractivity contribution is 5.67. The van der Waals surface area contributed by atoms with Crippen LogP contribution in [-0.2, 0) is 24.1 Å². The average Bonchev–Trinajstić information content (AvgIpc) is 2.61. The Hall–Kier alpha value is -1.31. The molecule has 0 bridgehead atoms. The summed E-state index contributed by atoms with van der Waals surface area (Å²) in [5.74, 6) is -0.717. The van der Waals surface area contributed by atoms with Crippen LogP contribution in [0.4, 0.5) is 0 Å². The molecule has 0 amide bonds. The number of benzene rings is 1. The molecule has 14 heavy (non-hydrogen) atoms. The third kappa shape index (κ3) is 1.95. The lowest BCUT2D eigenvalue weighted by atomic mass is 10.0. The number of carbonyl (C=O) groups is 1. The highest BCUT2D eigenvalue weighted by Gasteiger charge is 2.10. The van der Waals surface area contributed by atoms with Crippen LogP contribution < -0.4 is 0 Å². The van der Waals surface area contributed by atoms with Crippen molar-refractivity contribution in [3.8, 4) is 0 Å². The first-order chi connectivity index (χ1) is 6.75. The SMILES string of the molecule is O=C(O)CCc1ccc2c(c1)CCC2. The maximum atomic E-state index is 10.4. The van der Waals surface area contributed by atoms with Gasteiger partial charge >= 0.3 is 5.97 Å². The van der Waals surface area contributed by atoms with Crippen LogP contribution >= 0.6 is 0 Å². The Bertz CT molecular complexity index is 355. The predicted octanol–water partition coefficient (Wildman–Crippen LogP) is 2.19. The molecule has 1 N–H and O–H groups in total. The van der Waals surface area contributed by atoms with E-state index in [-0.39, 0.29) is 6.42 Å². The molecule has 0 atom stereocenters. The van der Waals surface area contributed by atoms with Crippen LogP contribution in [0.3, 0.4) is 0 Å². The number of carboxylic acids is 1. The van der Waals surface area contributed by atoms with Crippen molar-refractivity contribution in [1.29, 1.82) is 0 Å². The molecule has 1 aliphatic carbocycles. The summed E-state index contributed by atoms with van der Waals surface area (Å²) in [5.41, 5.74) is 4.03. The van der Waals surface area contributed by atoms with Gasteiger partial charge in [-0.2, -0.15) is 0 Å². The number of carboxylic acid groups (broad SMARTS) is 1. The van der Waals surface area contributed by atoms with E-state index in [2.05, 4.69) is 18.2 Å². The van der Waals surface area contributed by atoms with Gasteiger partial charge in [-0.3, -0.25) is 4.79 Å². The molecule has 0 unspecified atom stereocenters. The summed E-state index contributed by atoms with van der Waals surface area (Å²) >= 11 is 0. The van der Waals surface area contributed by atoms with Crippen LogP contribution in [0.15, 0.2) is 18.2 Å². The first-order valence-corrected chi connectivity index (χ1v) is 5.08. The first kappa shape index (κ1) is 9.25. The third-order valence-electron chi connectivity index (χ3n) is 2.79. The van der Waals surface area contributed by atoms with Gasteiger partial charge in [0.1, 0.15) is 0 Å². The smallest absolute Gasteiger partial charge is 0.303 e. The van der Waals surface area contributed by atoms with Gasteiger partial charge in [0, 0.05) is 6.42 Å². The molecular formula is C12H14O2. The Morgan fingerprint density at radius 2 is 2.07 bits per heavy atom. The number of hydrogen-bond acceptors (Lipinski definition) is 1. The standard InChI is InChI=1S/C12H14O2/c13-12(14)7-5-9-4-6-10-2-1-3-11(10)8-9/h4,6,8H,1-3,5,7H2,(H,13,14). The van der Waals surface area contributed by atoms with Gasteiger partial charge in [0.25, 0.3) is 0 Å². The molecule has 0 aliphatic heterocycles. The Morgan fingerprint density at radius 1 is 1.29 bits per heavy atom. The molecule has 1 aliphatic rings. The second-order valence-corrected chi connectivity index (χ2v) is 3.85. The monoisotopic (exact) mass is 190 g/mol. The van der Waals surface area contributed by atoms with Gasteiger partial charge in [0.05, 0.1) is 0 Å². The van der Waals surface area contributed by atoms with Gasteiger partial charge in [-0.25, -0.2) is 0 Å². The van der Waals surface area contributed by atoms with Crippen molar-refractivity contribution < 1.29 is 9.90 Å². The topological polar surface area (TPSA) is 37.3 Å². The molecule has 0 saturated heterocycles. The minimum atomic E-state index is -0.717. The van der Waals surface area contributed by atoms with E-state index in [0.29, 0.717) is 6.42 Å². The molecule has 0 heterocycles. The molecule has 1 aromatic carbocycles. The van der Waals surface area contributed by atoms with E-state index in [1.54, 1.807) is 0 Å². The van der Waals surface area contributed by atoms with Crippen LogP contribution in [0, 0.1) is 0 Å². The van der Waals surface area contributed by atoms with Gasteiger partial charge in [-0.15, -0.1) is 0 Å². The van der Waals surface area contributed by atoms with Crippen molar-refractivity contribution in [2.45, 2.75) is 32.1 Å². The summed E-state index contributed by atoms with van der Waals surface area (Å²) in [4.78, 5) is 10.4. The van der Waals surface area contributed by atoms with Crippen molar-refractivity contribution in [2.24, 2.45) is 0 Å². The second kappa shape index (κ2) is 3.82. The molecular weight excluding hydrogens is 176 g/mol. The number of fused-ring (bicyclic) bond motifs is 1. The molecule has 0 aromatic heterocycles. The number of aryl methyl sites for hydroxylation is 3. The quantitative estimate of drug-likeness (QED) is 0.793. The Kier molecular flexibility index (Phi) is 2.53. The van der Waals surface area contributed by atoms with Crippen LogP contribution in [0.25, 0.3) is 0 Å². The Morgan fingerprint density at radius 3 is 2.86 bits per heavy atom. The fourth-order valence-corrected chi connectivity index (χ4v) is 2.03. The van der Waals surface area contributed by atoms with E-state index in [9.17, 15) is 4.79 Å². The highest BCUT2D eigenvalue weighted by atomic mass is 16.4. The van der Waals surface area contributed by atoms with E-state index in [1.807, 2.05) is 0 Å². The summed E-state index contributed by atoms with van der Waals surface area (Å²) in [6.45, 7) is 0. The summed E-state index contributed by atoms with van der Waals surface area (Å²) < 4.78 is 0. The van der Waals surface area contributed by atoms with E-state index >= 15 is 0 Å². The largest absolute Gasteiger partial charge is 0.481 e. The lowest BCUT2D eigenvalue weighted by Gasteiger charge is -2.03. The fourth-order valence-electron chi connectivity index (χ4n) is 2.03. The molecule has 0 spiro atoms. The lowest BCUT2D eigenvalue weighted by molar-refractivity contribution is -0.136. The second-order valence-electron chi connectivity index (χ2n) is 3.85. The molecule has 2 rings (SSSR count). The number of hydrogen-bond donors (Lipinski definition) is 1. The van der Waals surface area contributed by atoms with Crippen molar-refractivity contribution in [3.63, 3.8) is 0 Å². The van der Waals surface area contributed by atoms with Crippen LogP contribution in [0.1, 0.15) is 29.5 Å². The maximum Gasteiger partial charge on any atom is 0.303 e. The number of rotatable bonds is 3. The van der Waals surface area contributed by atoms with Gasteiger partial charge in [0.15, 0.2) is 0 Å². The van der Waals surface area contributed by atoms with Gasteiger partial charge in [-0.1, -0.05) is 18.2 Å². The van der Waals surface area contributed by atoms with Gasteiger partial charge < -0.3 is 5.11 Å². The van der Waals surface area contributed by atoms with Crippen molar-refractivity contribution in [1.82, 2.24) is 0 Å². The Labute approximate surface area is 83.6 Å². The van der Waals surface area contributed by atoms with Crippen LogP contribution in [0.2, 0.25) is 0 Å². The normalized spacial score (nSPS) is 14.0. The van der Waals surface area contributed by atoms with Crippen molar-refractivity contribution >= 4 is 5.97 Å². The zero-order valence-corrected chi connectivity index (χ0v) is 8.12. The fraction of sp³-hybridized carbons (Fsp3) is 0.417. The van der Waals surface area contributed by atoms with Crippen molar-refractivity contribution in [3.05, 3.63) is 34.9 Å². The number of aliphatic carboxylic acids is 1. The van der Waals surface area contributed by atoms with E-state index in [4.69, 9.17) is 5.11 Å². The summed E-state index contributed by atoms with van der Waals surface area (Å²) in [6.07, 6.45) is 4.49. The zero-order chi connectivity index (χ0) is 9.97.